The SMILES string of the molecule is C[C@@H](N)CC1CCC(F)(F)CC1. The normalized spacial score (nSPS) is 27.0. The Balaban J connectivity index is 2.27. The lowest BCUT2D eigenvalue weighted by Gasteiger charge is -2.28. The number of nitrogens with two attached hydrogens (primary N) is 1. The highest BCUT2D eigenvalue weighted by molar-refractivity contribution is 4.78. The van der Waals surface area contributed by atoms with Crippen LogP contribution in [-0.4, -0.2) is 12.0 Å². The molecule has 0 bridgehead atoms. The van der Waals surface area contributed by atoms with Gasteiger partial charge in [-0.05, 0) is 32.1 Å². The Kier molecular flexibility index (Phi) is 3.04. The van der Waals surface area contributed by atoms with Crippen LogP contribution < -0.4 is 5.73 Å². The van der Waals surface area contributed by atoms with Crippen LogP contribution in [0.4, 0.5) is 8.78 Å². The maximum atomic E-state index is 12.7. The topological polar surface area (TPSA) is 26.0 Å². The van der Waals surface area contributed by atoms with Crippen molar-refractivity contribution in [2.75, 3.05) is 0 Å². The summed E-state index contributed by atoms with van der Waals surface area (Å²) >= 11 is 0. The second kappa shape index (κ2) is 3.69. The van der Waals surface area contributed by atoms with Gasteiger partial charge in [0.05, 0.1) is 0 Å². The molecule has 72 valence electrons. The second-order valence-electron chi connectivity index (χ2n) is 4.01. The molecule has 0 aromatic heterocycles. The van der Waals surface area contributed by atoms with Crippen molar-refractivity contribution in [3.8, 4) is 0 Å². The first-order valence-corrected chi connectivity index (χ1v) is 4.63. The van der Waals surface area contributed by atoms with Crippen LogP contribution in [0.2, 0.25) is 0 Å². The summed E-state index contributed by atoms with van der Waals surface area (Å²) in [6, 6.07) is 0.154. The van der Waals surface area contributed by atoms with E-state index in [1.54, 1.807) is 0 Å². The molecule has 0 aromatic carbocycles. The van der Waals surface area contributed by atoms with E-state index < -0.39 is 5.92 Å². The Morgan fingerprint density at radius 2 is 1.92 bits per heavy atom. The zero-order chi connectivity index (χ0) is 9.19. The van der Waals surface area contributed by atoms with Gasteiger partial charge in [-0.2, -0.15) is 0 Å². The minimum atomic E-state index is -2.39. The Morgan fingerprint density at radius 1 is 1.42 bits per heavy atom. The van der Waals surface area contributed by atoms with Gasteiger partial charge in [0.2, 0.25) is 5.92 Å². The van der Waals surface area contributed by atoms with Crippen LogP contribution in [-0.2, 0) is 0 Å². The highest BCUT2D eigenvalue weighted by atomic mass is 19.3. The molecule has 1 aliphatic rings. The Bertz CT molecular complexity index is 135. The van der Waals surface area contributed by atoms with E-state index in [9.17, 15) is 8.78 Å². The maximum Gasteiger partial charge on any atom is 0.248 e. The van der Waals surface area contributed by atoms with Crippen LogP contribution in [0.25, 0.3) is 0 Å². The van der Waals surface area contributed by atoms with Crippen molar-refractivity contribution >= 4 is 0 Å². The fourth-order valence-electron chi connectivity index (χ4n) is 1.86. The smallest absolute Gasteiger partial charge is 0.248 e. The monoisotopic (exact) mass is 177 g/mol. The quantitative estimate of drug-likeness (QED) is 0.689. The van der Waals surface area contributed by atoms with E-state index in [1.165, 1.54) is 0 Å². The molecule has 0 unspecified atom stereocenters. The first-order chi connectivity index (χ1) is 5.49. The molecule has 0 saturated heterocycles. The van der Waals surface area contributed by atoms with Crippen molar-refractivity contribution in [2.24, 2.45) is 11.7 Å². The Morgan fingerprint density at radius 3 is 2.33 bits per heavy atom. The molecule has 1 rings (SSSR count). The van der Waals surface area contributed by atoms with Crippen molar-refractivity contribution in [2.45, 2.75) is 51.0 Å². The summed E-state index contributed by atoms with van der Waals surface area (Å²) in [5, 5.41) is 0. The fraction of sp³-hybridized carbons (Fsp3) is 1.00. The largest absolute Gasteiger partial charge is 0.328 e. The first-order valence-electron chi connectivity index (χ1n) is 4.63. The molecular weight excluding hydrogens is 160 g/mol. The predicted molar refractivity (Wildman–Crippen MR) is 45.2 cm³/mol. The average molecular weight is 177 g/mol. The molecule has 0 spiro atoms. The molecule has 0 heterocycles. The molecule has 12 heavy (non-hydrogen) atoms. The third-order valence-corrected chi connectivity index (χ3v) is 2.54. The summed E-state index contributed by atoms with van der Waals surface area (Å²) in [4.78, 5) is 0. The van der Waals surface area contributed by atoms with Gasteiger partial charge in [-0.25, -0.2) is 8.78 Å². The summed E-state index contributed by atoms with van der Waals surface area (Å²) < 4.78 is 25.4. The molecule has 3 heteroatoms. The number of hydrogen-bond donors (Lipinski definition) is 1. The van der Waals surface area contributed by atoms with E-state index >= 15 is 0 Å². The molecule has 1 atom stereocenters. The van der Waals surface area contributed by atoms with E-state index in [0.717, 1.165) is 6.42 Å². The fourth-order valence-corrected chi connectivity index (χ4v) is 1.86. The van der Waals surface area contributed by atoms with E-state index in [2.05, 4.69) is 0 Å². The molecule has 2 N–H and O–H groups in total. The minimum absolute atomic E-state index is 0.0599. The van der Waals surface area contributed by atoms with E-state index in [1.807, 2.05) is 6.92 Å². The van der Waals surface area contributed by atoms with Crippen LogP contribution in [0, 0.1) is 5.92 Å². The highest BCUT2D eigenvalue weighted by Gasteiger charge is 2.34. The van der Waals surface area contributed by atoms with E-state index in [-0.39, 0.29) is 18.9 Å². The lowest BCUT2D eigenvalue weighted by Crippen LogP contribution is -2.28. The van der Waals surface area contributed by atoms with Crippen molar-refractivity contribution in [3.05, 3.63) is 0 Å². The van der Waals surface area contributed by atoms with E-state index in [0.29, 0.717) is 18.8 Å². The predicted octanol–water partition coefficient (Wildman–Crippen LogP) is 2.55. The van der Waals surface area contributed by atoms with Gasteiger partial charge in [-0.3, -0.25) is 0 Å². The molecule has 1 nitrogen and oxygen atoms in total. The molecule has 0 radical (unpaired) electrons. The third kappa shape index (κ3) is 3.05. The van der Waals surface area contributed by atoms with Crippen LogP contribution in [0.5, 0.6) is 0 Å². The zero-order valence-corrected chi connectivity index (χ0v) is 7.52. The standard InChI is InChI=1S/C9H17F2N/c1-7(12)6-8-2-4-9(10,11)5-3-8/h7-8H,2-6,12H2,1H3/t7-/m1/s1. The van der Waals surface area contributed by atoms with Gasteiger partial charge in [0.1, 0.15) is 0 Å². The van der Waals surface area contributed by atoms with Crippen LogP contribution in [0.1, 0.15) is 39.0 Å². The lowest BCUT2D eigenvalue weighted by molar-refractivity contribution is -0.0469. The lowest BCUT2D eigenvalue weighted by atomic mass is 9.83. The Labute approximate surface area is 72.3 Å². The van der Waals surface area contributed by atoms with Crippen molar-refractivity contribution in [1.29, 1.82) is 0 Å². The first kappa shape index (κ1) is 9.90. The molecule has 1 aliphatic carbocycles. The number of hydrogen-bond acceptors (Lipinski definition) is 1. The summed E-state index contributed by atoms with van der Waals surface area (Å²) in [6.07, 6.45) is 2.31. The number of halogens is 2. The molecule has 0 aliphatic heterocycles. The summed E-state index contributed by atoms with van der Waals surface area (Å²) in [5.41, 5.74) is 5.60. The highest BCUT2D eigenvalue weighted by Crippen LogP contribution is 2.37. The van der Waals surface area contributed by atoms with Crippen molar-refractivity contribution < 1.29 is 8.78 Å². The second-order valence-corrected chi connectivity index (χ2v) is 4.01. The van der Waals surface area contributed by atoms with Gasteiger partial charge in [-0.1, -0.05) is 0 Å². The average Bonchev–Trinajstić information content (AvgIpc) is 1.93. The minimum Gasteiger partial charge on any atom is -0.328 e. The van der Waals surface area contributed by atoms with Gasteiger partial charge in [-0.15, -0.1) is 0 Å². The summed E-state index contributed by atoms with van der Waals surface area (Å²) in [7, 11) is 0. The number of alkyl halides is 2. The van der Waals surface area contributed by atoms with Gasteiger partial charge < -0.3 is 5.73 Å². The van der Waals surface area contributed by atoms with Gasteiger partial charge in [0.25, 0.3) is 0 Å². The summed E-state index contributed by atoms with van der Waals surface area (Å²) in [5.74, 6) is -1.96. The molecule has 1 fully saturated rings. The molecule has 0 amide bonds. The van der Waals surface area contributed by atoms with E-state index in [4.69, 9.17) is 5.73 Å². The molecular formula is C9H17F2N. The van der Waals surface area contributed by atoms with Crippen molar-refractivity contribution in [1.82, 2.24) is 0 Å². The Hall–Kier alpha value is -0.180. The molecule has 1 saturated carbocycles. The van der Waals surface area contributed by atoms with Crippen LogP contribution >= 0.6 is 0 Å². The maximum absolute atomic E-state index is 12.7. The van der Waals surface area contributed by atoms with Gasteiger partial charge in [0.15, 0.2) is 0 Å². The van der Waals surface area contributed by atoms with Crippen molar-refractivity contribution in [3.63, 3.8) is 0 Å². The number of rotatable bonds is 2. The van der Waals surface area contributed by atoms with Crippen LogP contribution in [0.15, 0.2) is 0 Å². The molecule has 0 aromatic rings. The van der Waals surface area contributed by atoms with Gasteiger partial charge >= 0.3 is 0 Å². The zero-order valence-electron chi connectivity index (χ0n) is 7.52. The summed E-state index contributed by atoms with van der Waals surface area (Å²) in [6.45, 7) is 1.94. The third-order valence-electron chi connectivity index (χ3n) is 2.54. The van der Waals surface area contributed by atoms with Gasteiger partial charge in [0, 0.05) is 18.9 Å². The van der Waals surface area contributed by atoms with Crippen LogP contribution in [0.3, 0.4) is 0 Å².